The van der Waals surface area contributed by atoms with Crippen LogP contribution in [0.3, 0.4) is 0 Å². The van der Waals surface area contributed by atoms with Crippen LogP contribution in [0.4, 0.5) is 13.2 Å². The Labute approximate surface area is 157 Å². The SMILES string of the molecule is CF.CF.CF.C[N+](=O)[O-].O=S(=O)(OCc1ccccc1)c1ccccc1. The van der Waals surface area contributed by atoms with E-state index in [-0.39, 0.29) is 11.5 Å². The van der Waals surface area contributed by atoms with E-state index < -0.39 is 15.0 Å². The summed E-state index contributed by atoms with van der Waals surface area (Å²) in [6, 6.07) is 17.3. The Morgan fingerprint density at radius 3 is 1.56 bits per heavy atom. The molecule has 6 nitrogen and oxygen atoms in total. The van der Waals surface area contributed by atoms with Gasteiger partial charge in [0.25, 0.3) is 10.1 Å². The molecule has 154 valence electrons. The van der Waals surface area contributed by atoms with Crippen molar-refractivity contribution >= 4 is 10.1 Å². The predicted molar refractivity (Wildman–Crippen MR) is 98.9 cm³/mol. The maximum atomic E-state index is 11.8. The molecule has 0 spiro atoms. The number of hydrogen-bond acceptors (Lipinski definition) is 5. The fourth-order valence-electron chi connectivity index (χ4n) is 1.38. The van der Waals surface area contributed by atoms with E-state index in [0.29, 0.717) is 21.5 Å². The van der Waals surface area contributed by atoms with Crippen LogP contribution in [0.15, 0.2) is 65.6 Å². The Morgan fingerprint density at radius 2 is 1.19 bits per heavy atom. The summed E-state index contributed by atoms with van der Waals surface area (Å²) in [7, 11) is -1.27. The van der Waals surface area contributed by atoms with E-state index in [1.807, 2.05) is 30.3 Å². The van der Waals surface area contributed by atoms with Crippen LogP contribution in [0.1, 0.15) is 5.56 Å². The van der Waals surface area contributed by atoms with Gasteiger partial charge in [-0.05, 0) is 17.7 Å². The number of rotatable bonds is 4. The number of nitrogens with zero attached hydrogens (tertiary/aromatic N) is 1. The minimum atomic E-state index is -3.66. The Morgan fingerprint density at radius 1 is 0.852 bits per heavy atom. The highest BCUT2D eigenvalue weighted by Crippen LogP contribution is 2.13. The van der Waals surface area contributed by atoms with E-state index in [1.165, 1.54) is 12.1 Å². The van der Waals surface area contributed by atoms with E-state index in [2.05, 4.69) is 0 Å². The lowest BCUT2D eigenvalue weighted by molar-refractivity contribution is -0.445. The van der Waals surface area contributed by atoms with Gasteiger partial charge in [0.1, 0.15) is 0 Å². The quantitative estimate of drug-likeness (QED) is 0.427. The molecule has 0 unspecified atom stereocenters. The van der Waals surface area contributed by atoms with E-state index in [1.54, 1.807) is 18.2 Å². The summed E-state index contributed by atoms with van der Waals surface area (Å²) in [5.74, 6) is 0. The molecule has 0 aliphatic rings. The minimum absolute atomic E-state index is 0.0536. The summed E-state index contributed by atoms with van der Waals surface area (Å²) >= 11 is 0. The molecule has 0 bridgehead atoms. The molecule has 0 fully saturated rings. The molecule has 27 heavy (non-hydrogen) atoms. The number of benzene rings is 2. The van der Waals surface area contributed by atoms with Crippen molar-refractivity contribution in [1.82, 2.24) is 0 Å². The molecule has 2 aromatic rings. The Bertz CT molecular complexity index is 667. The lowest BCUT2D eigenvalue weighted by Gasteiger charge is -2.05. The zero-order valence-corrected chi connectivity index (χ0v) is 16.3. The molecule has 2 aromatic carbocycles. The van der Waals surface area contributed by atoms with Gasteiger partial charge in [-0.1, -0.05) is 48.5 Å². The number of nitro groups is 1. The van der Waals surface area contributed by atoms with Gasteiger partial charge in [-0.25, -0.2) is 0 Å². The molecule has 0 aromatic heterocycles. The van der Waals surface area contributed by atoms with Crippen molar-refractivity contribution in [1.29, 1.82) is 0 Å². The largest absolute Gasteiger partial charge is 0.297 e. The van der Waals surface area contributed by atoms with Crippen molar-refractivity contribution in [2.75, 3.05) is 28.6 Å². The van der Waals surface area contributed by atoms with Crippen LogP contribution >= 0.6 is 0 Å². The van der Waals surface area contributed by atoms with Gasteiger partial charge in [-0.2, -0.15) is 8.42 Å². The first-order valence-electron chi connectivity index (χ1n) is 7.11. The zero-order chi connectivity index (χ0) is 21.7. The van der Waals surface area contributed by atoms with Crippen molar-refractivity contribution in [2.45, 2.75) is 11.5 Å². The summed E-state index contributed by atoms with van der Waals surface area (Å²) in [6.07, 6.45) is 0. The Balaban J connectivity index is -0.000000492. The second-order valence-electron chi connectivity index (χ2n) is 3.95. The van der Waals surface area contributed by atoms with Gasteiger partial charge in [0, 0.05) is 4.92 Å². The van der Waals surface area contributed by atoms with Gasteiger partial charge in [-0.3, -0.25) is 27.5 Å². The highest BCUT2D eigenvalue weighted by atomic mass is 32.2. The summed E-state index contributed by atoms with van der Waals surface area (Å²) in [6.45, 7) is 0.0536. The van der Waals surface area contributed by atoms with Crippen LogP contribution in [0.5, 0.6) is 0 Å². The highest BCUT2D eigenvalue weighted by Gasteiger charge is 2.14. The molecule has 0 aliphatic heterocycles. The number of alkyl halides is 3. The van der Waals surface area contributed by atoms with Gasteiger partial charge >= 0.3 is 0 Å². The maximum Gasteiger partial charge on any atom is 0.297 e. The molecule has 0 saturated heterocycles. The molecule has 0 atom stereocenters. The normalized spacial score (nSPS) is 8.70. The first-order chi connectivity index (χ1) is 12.9. The molecule has 0 radical (unpaired) electrons. The van der Waals surface area contributed by atoms with Crippen LogP contribution < -0.4 is 0 Å². The standard InChI is InChI=1S/C13H12O3S.3CH3F.CH3NO2/c14-17(15,13-9-5-2-6-10-13)16-11-12-7-3-1-4-8-12;3*1-2;1-2(3)4/h1-10H,11H2;3*1H3;1H3. The smallest absolute Gasteiger partial charge is 0.265 e. The molecular formula is C17H24F3NO5S. The van der Waals surface area contributed by atoms with Gasteiger partial charge in [-0.15, -0.1) is 0 Å². The third kappa shape index (κ3) is 16.7. The molecule has 0 heterocycles. The molecule has 0 saturated carbocycles. The molecule has 0 aliphatic carbocycles. The monoisotopic (exact) mass is 411 g/mol. The minimum Gasteiger partial charge on any atom is -0.265 e. The van der Waals surface area contributed by atoms with Gasteiger partial charge in [0.15, 0.2) is 7.05 Å². The van der Waals surface area contributed by atoms with E-state index >= 15 is 0 Å². The predicted octanol–water partition coefficient (Wildman–Crippen LogP) is 4.24. The lowest BCUT2D eigenvalue weighted by atomic mass is 10.2. The Kier molecular flexibility index (Phi) is 21.6. The number of hydrogen-bond donors (Lipinski definition) is 0. The third-order valence-electron chi connectivity index (χ3n) is 2.26. The molecule has 0 amide bonds. The summed E-state index contributed by atoms with van der Waals surface area (Å²) in [5, 5.41) is 8.81. The fraction of sp³-hybridized carbons (Fsp3) is 0.294. The average Bonchev–Trinajstić information content (AvgIpc) is 2.72. The molecule has 2 rings (SSSR count). The molecular weight excluding hydrogens is 387 g/mol. The van der Waals surface area contributed by atoms with Crippen molar-refractivity contribution < 1.29 is 30.7 Å². The molecule has 0 N–H and O–H groups in total. The summed E-state index contributed by atoms with van der Waals surface area (Å²) in [4.78, 5) is 8.48. The van der Waals surface area contributed by atoms with E-state index in [0.717, 1.165) is 12.6 Å². The second-order valence-corrected chi connectivity index (χ2v) is 5.57. The first kappa shape index (κ1) is 29.3. The number of halogens is 3. The lowest BCUT2D eigenvalue weighted by Crippen LogP contribution is -2.06. The van der Waals surface area contributed by atoms with Crippen molar-refractivity contribution in [2.24, 2.45) is 0 Å². The van der Waals surface area contributed by atoms with Crippen molar-refractivity contribution in [3.05, 3.63) is 76.3 Å². The van der Waals surface area contributed by atoms with Crippen LogP contribution in [0.2, 0.25) is 0 Å². The zero-order valence-electron chi connectivity index (χ0n) is 15.5. The van der Waals surface area contributed by atoms with Crippen molar-refractivity contribution in [3.63, 3.8) is 0 Å². The van der Waals surface area contributed by atoms with Crippen LogP contribution in [0.25, 0.3) is 0 Å². The van der Waals surface area contributed by atoms with Gasteiger partial charge < -0.3 is 0 Å². The Hall–Kier alpha value is -2.46. The van der Waals surface area contributed by atoms with Crippen molar-refractivity contribution in [3.8, 4) is 0 Å². The maximum absolute atomic E-state index is 11.8. The average molecular weight is 411 g/mol. The fourth-order valence-corrected chi connectivity index (χ4v) is 2.29. The van der Waals surface area contributed by atoms with Gasteiger partial charge in [0.05, 0.1) is 33.0 Å². The summed E-state index contributed by atoms with van der Waals surface area (Å²) < 4.78 is 57.0. The first-order valence-corrected chi connectivity index (χ1v) is 8.52. The van der Waals surface area contributed by atoms with E-state index in [4.69, 9.17) is 14.3 Å². The second kappa shape index (κ2) is 19.9. The van der Waals surface area contributed by atoms with Crippen LogP contribution in [-0.4, -0.2) is 41.9 Å². The third-order valence-corrected chi connectivity index (χ3v) is 3.53. The summed E-state index contributed by atoms with van der Waals surface area (Å²) in [5.41, 5.74) is 0.826. The topological polar surface area (TPSA) is 86.5 Å². The van der Waals surface area contributed by atoms with Gasteiger partial charge in [0.2, 0.25) is 0 Å². The van der Waals surface area contributed by atoms with Crippen LogP contribution in [0, 0.1) is 10.1 Å². The molecule has 10 heteroatoms. The van der Waals surface area contributed by atoms with Crippen LogP contribution in [-0.2, 0) is 20.9 Å². The van der Waals surface area contributed by atoms with E-state index in [9.17, 15) is 21.6 Å². The highest BCUT2D eigenvalue weighted by molar-refractivity contribution is 7.86.